The smallest absolute Gasteiger partial charge is 0.306 e. The zero-order valence-electron chi connectivity index (χ0n) is 10.6. The maximum absolute atomic E-state index is 10.9. The summed E-state index contributed by atoms with van der Waals surface area (Å²) in [5.74, 6) is -0.268. The highest BCUT2D eigenvalue weighted by atomic mass is 127. The van der Waals surface area contributed by atoms with Crippen LogP contribution < -0.4 is 5.32 Å². The molecular formula is C10H20INO6. The molecule has 0 radical (unpaired) electrons. The summed E-state index contributed by atoms with van der Waals surface area (Å²) < 4.78 is 9.06. The summed E-state index contributed by atoms with van der Waals surface area (Å²) in [6.07, 6.45) is 2.10. The first-order valence-corrected chi connectivity index (χ1v) is 6.22. The van der Waals surface area contributed by atoms with Crippen molar-refractivity contribution in [2.45, 2.75) is 25.4 Å². The monoisotopic (exact) mass is 377 g/mol. The highest BCUT2D eigenvalue weighted by molar-refractivity contribution is 14.1. The second kappa shape index (κ2) is 16.7. The van der Waals surface area contributed by atoms with Gasteiger partial charge in [0, 0.05) is 20.1 Å². The van der Waals surface area contributed by atoms with Gasteiger partial charge in [0.2, 0.25) is 0 Å². The predicted octanol–water partition coefficient (Wildman–Crippen LogP) is 0.394. The highest BCUT2D eigenvalue weighted by Gasteiger charge is 2.17. The number of carbonyl (C=O) groups excluding carboxylic acids is 2. The highest BCUT2D eigenvalue weighted by Crippen LogP contribution is 2.04. The van der Waals surface area contributed by atoms with Gasteiger partial charge >= 0.3 is 5.97 Å². The standard InChI is InChI=1S/C8H13NO3.CH3IO2.CH4O/c10-5-1-2-8(11)12-7-3-4-9-6-7;1-3-4-2;1-2/h5,7,9H,1-4,6H2;1H3;2H,1H3. The van der Waals surface area contributed by atoms with Crippen molar-refractivity contribution in [2.75, 3.05) is 27.3 Å². The van der Waals surface area contributed by atoms with Crippen LogP contribution in [0.5, 0.6) is 0 Å². The fraction of sp³-hybridized carbons (Fsp3) is 0.800. The molecular weight excluding hydrogens is 357 g/mol. The van der Waals surface area contributed by atoms with Crippen molar-refractivity contribution in [1.82, 2.24) is 5.32 Å². The van der Waals surface area contributed by atoms with Crippen molar-refractivity contribution in [2.24, 2.45) is 0 Å². The molecule has 0 saturated carbocycles. The van der Waals surface area contributed by atoms with E-state index in [-0.39, 0.29) is 24.9 Å². The van der Waals surface area contributed by atoms with E-state index in [1.165, 1.54) is 7.11 Å². The number of aliphatic hydroxyl groups excluding tert-OH is 1. The van der Waals surface area contributed by atoms with Crippen LogP contribution in [0.15, 0.2) is 0 Å². The Bertz CT molecular complexity index is 197. The number of hydrogen-bond acceptors (Lipinski definition) is 7. The quantitative estimate of drug-likeness (QED) is 0.235. The minimum absolute atomic E-state index is 0.0177. The Kier molecular flexibility index (Phi) is 18.6. The molecule has 0 amide bonds. The van der Waals surface area contributed by atoms with E-state index in [9.17, 15) is 9.59 Å². The van der Waals surface area contributed by atoms with Gasteiger partial charge < -0.3 is 20.0 Å². The number of halogens is 1. The van der Waals surface area contributed by atoms with Crippen LogP contribution >= 0.6 is 23.0 Å². The van der Waals surface area contributed by atoms with Crippen LogP contribution in [0.4, 0.5) is 0 Å². The van der Waals surface area contributed by atoms with Gasteiger partial charge in [0.15, 0.2) is 23.0 Å². The van der Waals surface area contributed by atoms with Crippen molar-refractivity contribution in [3.63, 3.8) is 0 Å². The van der Waals surface area contributed by atoms with E-state index in [0.717, 1.165) is 32.9 Å². The topological polar surface area (TPSA) is 94.1 Å². The van der Waals surface area contributed by atoms with Crippen molar-refractivity contribution in [3.8, 4) is 0 Å². The SMILES string of the molecule is CO.COOI.O=CCCC(=O)OC1CCNC1. The van der Waals surface area contributed by atoms with E-state index in [0.29, 0.717) is 0 Å². The van der Waals surface area contributed by atoms with Crippen LogP contribution in [0.2, 0.25) is 0 Å². The number of aliphatic hydroxyl groups is 1. The molecule has 0 aliphatic carbocycles. The van der Waals surface area contributed by atoms with Gasteiger partial charge in [-0.25, -0.2) is 4.89 Å². The summed E-state index contributed by atoms with van der Waals surface area (Å²) in [6, 6.07) is 0. The van der Waals surface area contributed by atoms with Crippen LogP contribution in [0.3, 0.4) is 0 Å². The van der Waals surface area contributed by atoms with E-state index >= 15 is 0 Å². The lowest BCUT2D eigenvalue weighted by Gasteiger charge is -2.09. The molecule has 1 saturated heterocycles. The fourth-order valence-corrected chi connectivity index (χ4v) is 1.15. The largest absolute Gasteiger partial charge is 0.461 e. The van der Waals surface area contributed by atoms with Crippen molar-refractivity contribution >= 4 is 35.3 Å². The van der Waals surface area contributed by atoms with Gasteiger partial charge in [0.05, 0.1) is 13.5 Å². The zero-order valence-corrected chi connectivity index (χ0v) is 12.7. The summed E-state index contributed by atoms with van der Waals surface area (Å²) in [4.78, 5) is 24.9. The fourth-order valence-electron chi connectivity index (χ4n) is 1.15. The number of carbonyl (C=O) groups is 2. The molecule has 7 nitrogen and oxygen atoms in total. The van der Waals surface area contributed by atoms with Crippen LogP contribution in [0.1, 0.15) is 19.3 Å². The van der Waals surface area contributed by atoms with Gasteiger partial charge in [-0.05, 0) is 13.0 Å². The average Bonchev–Trinajstić information content (AvgIpc) is 2.92. The Morgan fingerprint density at radius 3 is 2.56 bits per heavy atom. The number of hydrogen-bond donors (Lipinski definition) is 2. The lowest BCUT2D eigenvalue weighted by molar-refractivity contribution is -0.148. The average molecular weight is 377 g/mol. The molecule has 1 fully saturated rings. The molecule has 2 N–H and O–H groups in total. The number of ether oxygens (including phenoxy) is 1. The van der Waals surface area contributed by atoms with Crippen LogP contribution in [0.25, 0.3) is 0 Å². The third kappa shape index (κ3) is 13.8. The van der Waals surface area contributed by atoms with Crippen LogP contribution in [0, 0.1) is 0 Å². The zero-order chi connectivity index (χ0) is 14.2. The molecule has 1 heterocycles. The van der Waals surface area contributed by atoms with E-state index in [4.69, 9.17) is 9.84 Å². The summed E-state index contributed by atoms with van der Waals surface area (Å²) in [5, 5.41) is 10.1. The Labute approximate surface area is 121 Å². The van der Waals surface area contributed by atoms with Crippen LogP contribution in [-0.4, -0.2) is 50.8 Å². The summed E-state index contributed by atoms with van der Waals surface area (Å²) in [6.45, 7) is 1.65. The van der Waals surface area contributed by atoms with Gasteiger partial charge in [0.25, 0.3) is 0 Å². The molecule has 8 heteroatoms. The second-order valence-corrected chi connectivity index (χ2v) is 3.40. The molecule has 0 spiro atoms. The molecule has 1 atom stereocenters. The van der Waals surface area contributed by atoms with E-state index in [1.807, 2.05) is 0 Å². The Morgan fingerprint density at radius 1 is 1.56 bits per heavy atom. The number of nitrogens with one attached hydrogen (secondary N) is 1. The third-order valence-corrected chi connectivity index (χ3v) is 2.20. The maximum Gasteiger partial charge on any atom is 0.306 e. The summed E-state index contributed by atoms with van der Waals surface area (Å²) in [5.41, 5.74) is 0. The Hall–Kier alpha value is -0.290. The molecule has 0 aromatic carbocycles. The Morgan fingerprint density at radius 2 is 2.17 bits per heavy atom. The van der Waals surface area contributed by atoms with Gasteiger partial charge in [0.1, 0.15) is 12.4 Å². The predicted molar refractivity (Wildman–Crippen MR) is 72.9 cm³/mol. The number of aldehydes is 1. The number of rotatable bonds is 5. The minimum Gasteiger partial charge on any atom is -0.461 e. The molecule has 1 aliphatic rings. The van der Waals surface area contributed by atoms with Gasteiger partial charge in [-0.15, -0.1) is 0 Å². The second-order valence-electron chi connectivity index (χ2n) is 3.04. The van der Waals surface area contributed by atoms with Gasteiger partial charge in [-0.2, -0.15) is 3.22 Å². The van der Waals surface area contributed by atoms with Crippen molar-refractivity contribution in [1.29, 1.82) is 0 Å². The first-order chi connectivity index (χ1) is 8.74. The van der Waals surface area contributed by atoms with Crippen molar-refractivity contribution < 1.29 is 27.5 Å². The first kappa shape index (κ1) is 20.0. The normalized spacial score (nSPS) is 16.8. The molecule has 1 aliphatic heterocycles. The van der Waals surface area contributed by atoms with Crippen molar-refractivity contribution in [3.05, 3.63) is 0 Å². The van der Waals surface area contributed by atoms with Gasteiger partial charge in [-0.1, -0.05) is 0 Å². The molecule has 0 aromatic heterocycles. The van der Waals surface area contributed by atoms with Gasteiger partial charge in [-0.3, -0.25) is 4.79 Å². The lowest BCUT2D eigenvalue weighted by Crippen LogP contribution is -2.20. The first-order valence-electron chi connectivity index (χ1n) is 5.34. The summed E-state index contributed by atoms with van der Waals surface area (Å²) in [7, 11) is 2.45. The molecule has 1 rings (SSSR count). The van der Waals surface area contributed by atoms with E-state index in [2.05, 4.69) is 13.4 Å². The Balaban J connectivity index is 0. The maximum atomic E-state index is 10.9. The van der Waals surface area contributed by atoms with E-state index < -0.39 is 0 Å². The number of esters is 1. The van der Waals surface area contributed by atoms with Crippen LogP contribution in [-0.2, 0) is 22.4 Å². The molecule has 0 bridgehead atoms. The molecule has 1 unspecified atom stereocenters. The van der Waals surface area contributed by atoms with E-state index in [1.54, 1.807) is 23.0 Å². The minimum atomic E-state index is -0.268. The molecule has 108 valence electrons. The lowest BCUT2D eigenvalue weighted by atomic mass is 10.3. The summed E-state index contributed by atoms with van der Waals surface area (Å²) >= 11 is 1.63. The molecule has 0 aromatic rings. The third-order valence-electron chi connectivity index (χ3n) is 1.84. The molecule has 18 heavy (non-hydrogen) atoms.